The van der Waals surface area contributed by atoms with Crippen molar-refractivity contribution >= 4 is 11.5 Å². The third-order valence-corrected chi connectivity index (χ3v) is 7.52. The Bertz CT molecular complexity index is 1200. The molecule has 1 N–H and O–H groups in total. The standard InChI is InChI=1S/C30H30N2O2/c1-2-34-29-18-27(31-30(32-29)24-13-7-8-14-28(24)33)26-17-25-20-10-4-3-9-19(20)15-16-23(25)21-11-5-6-12-22(21)26/h3-17,19-22,24,28-29,33H,2,18H2,1H3. The minimum Gasteiger partial charge on any atom is -0.388 e. The summed E-state index contributed by atoms with van der Waals surface area (Å²) >= 11 is 0. The number of amidine groups is 1. The number of ether oxygens (including phenoxy) is 1. The van der Waals surface area contributed by atoms with Crippen molar-refractivity contribution in [1.29, 1.82) is 0 Å². The predicted octanol–water partition coefficient (Wildman–Crippen LogP) is 5.22. The maximum absolute atomic E-state index is 10.6. The van der Waals surface area contributed by atoms with E-state index in [0.717, 1.165) is 5.71 Å². The average molecular weight is 451 g/mol. The van der Waals surface area contributed by atoms with E-state index in [0.29, 0.717) is 36.6 Å². The van der Waals surface area contributed by atoms with Gasteiger partial charge in [0.1, 0.15) is 5.84 Å². The molecule has 34 heavy (non-hydrogen) atoms. The van der Waals surface area contributed by atoms with Gasteiger partial charge in [0.05, 0.1) is 17.7 Å². The number of nitrogens with zero attached hydrogens (tertiary/aromatic N) is 2. The van der Waals surface area contributed by atoms with Crippen LogP contribution in [-0.2, 0) is 4.74 Å². The molecule has 0 saturated carbocycles. The molecule has 7 atom stereocenters. The van der Waals surface area contributed by atoms with Crippen LogP contribution in [-0.4, -0.2) is 35.6 Å². The highest BCUT2D eigenvalue weighted by Gasteiger charge is 2.38. The number of rotatable bonds is 4. The summed E-state index contributed by atoms with van der Waals surface area (Å²) in [4.78, 5) is 9.89. The van der Waals surface area contributed by atoms with E-state index in [-0.39, 0.29) is 18.1 Å². The van der Waals surface area contributed by atoms with Crippen LogP contribution >= 0.6 is 0 Å². The Morgan fingerprint density at radius 2 is 1.53 bits per heavy atom. The summed E-state index contributed by atoms with van der Waals surface area (Å²) in [6, 6.07) is 0. The first-order chi connectivity index (χ1) is 16.7. The third kappa shape index (κ3) is 3.71. The molecular formula is C30H30N2O2. The SMILES string of the molecule is CCOC1CC(C2=CC3=C(C=CC4C=CC=CC34)C3C=CC=CC23)=NC(C2C=CC=CC2O)=N1. The van der Waals surface area contributed by atoms with Gasteiger partial charge in [-0.25, -0.2) is 9.98 Å². The van der Waals surface area contributed by atoms with Gasteiger partial charge in [-0.15, -0.1) is 0 Å². The van der Waals surface area contributed by atoms with E-state index in [2.05, 4.69) is 66.8 Å². The van der Waals surface area contributed by atoms with E-state index in [1.54, 1.807) is 6.08 Å². The van der Waals surface area contributed by atoms with Crippen molar-refractivity contribution in [2.45, 2.75) is 25.7 Å². The van der Waals surface area contributed by atoms with Gasteiger partial charge in [-0.05, 0) is 23.6 Å². The molecule has 0 aromatic heterocycles. The highest BCUT2D eigenvalue weighted by atomic mass is 16.5. The Kier molecular flexibility index (Phi) is 5.64. The summed E-state index contributed by atoms with van der Waals surface area (Å²) in [7, 11) is 0. The smallest absolute Gasteiger partial charge is 0.155 e. The highest BCUT2D eigenvalue weighted by Crippen LogP contribution is 2.47. The second-order valence-corrected chi connectivity index (χ2v) is 9.51. The Morgan fingerprint density at radius 3 is 2.32 bits per heavy atom. The zero-order chi connectivity index (χ0) is 23.1. The van der Waals surface area contributed by atoms with Crippen molar-refractivity contribution in [3.05, 3.63) is 108 Å². The first-order valence-corrected chi connectivity index (χ1v) is 12.4. The molecule has 0 aromatic carbocycles. The molecule has 1 heterocycles. The van der Waals surface area contributed by atoms with Gasteiger partial charge in [0.25, 0.3) is 0 Å². The van der Waals surface area contributed by atoms with Crippen molar-refractivity contribution < 1.29 is 9.84 Å². The van der Waals surface area contributed by atoms with Gasteiger partial charge in [-0.1, -0.05) is 91.1 Å². The van der Waals surface area contributed by atoms with E-state index in [4.69, 9.17) is 14.7 Å². The molecule has 172 valence electrons. The Labute approximate surface area is 201 Å². The van der Waals surface area contributed by atoms with E-state index in [1.165, 1.54) is 16.7 Å². The van der Waals surface area contributed by atoms with E-state index in [9.17, 15) is 5.11 Å². The van der Waals surface area contributed by atoms with E-state index < -0.39 is 6.10 Å². The van der Waals surface area contributed by atoms with Gasteiger partial charge in [0.15, 0.2) is 6.23 Å². The second kappa shape index (κ2) is 8.94. The molecule has 0 bridgehead atoms. The zero-order valence-electron chi connectivity index (χ0n) is 19.4. The molecule has 4 heteroatoms. The summed E-state index contributed by atoms with van der Waals surface area (Å²) < 4.78 is 5.99. The minimum absolute atomic E-state index is 0.236. The number of aliphatic hydroxyl groups excluding tert-OH is 1. The van der Waals surface area contributed by atoms with Crippen LogP contribution in [0.25, 0.3) is 0 Å². The first-order valence-electron chi connectivity index (χ1n) is 12.4. The fourth-order valence-electron chi connectivity index (χ4n) is 5.88. The summed E-state index contributed by atoms with van der Waals surface area (Å²) in [5.74, 6) is 1.69. The minimum atomic E-state index is -0.627. The van der Waals surface area contributed by atoms with Crippen molar-refractivity contribution in [3.8, 4) is 0 Å². The van der Waals surface area contributed by atoms with Gasteiger partial charge in [0, 0.05) is 36.7 Å². The molecule has 0 spiro atoms. The van der Waals surface area contributed by atoms with Crippen LogP contribution in [0.2, 0.25) is 0 Å². The molecule has 0 amide bonds. The molecule has 0 radical (unpaired) electrons. The summed E-state index contributed by atoms with van der Waals surface area (Å²) in [6.45, 7) is 2.59. The average Bonchev–Trinajstić information content (AvgIpc) is 2.88. The van der Waals surface area contributed by atoms with Crippen LogP contribution < -0.4 is 0 Å². The van der Waals surface area contributed by atoms with Crippen LogP contribution in [0.3, 0.4) is 0 Å². The number of aliphatic hydroxyl groups is 1. The van der Waals surface area contributed by atoms with Gasteiger partial charge < -0.3 is 9.84 Å². The molecule has 4 nitrogen and oxygen atoms in total. The molecule has 5 aliphatic carbocycles. The molecule has 6 rings (SSSR count). The zero-order valence-corrected chi connectivity index (χ0v) is 19.4. The van der Waals surface area contributed by atoms with Gasteiger partial charge in [-0.2, -0.15) is 0 Å². The number of aliphatic imine (C=N–C) groups is 2. The van der Waals surface area contributed by atoms with Gasteiger partial charge >= 0.3 is 0 Å². The van der Waals surface area contributed by atoms with E-state index in [1.807, 2.05) is 25.2 Å². The third-order valence-electron chi connectivity index (χ3n) is 7.52. The van der Waals surface area contributed by atoms with Crippen LogP contribution in [0.1, 0.15) is 13.3 Å². The number of hydrogen-bond acceptors (Lipinski definition) is 4. The lowest BCUT2D eigenvalue weighted by Crippen LogP contribution is -2.35. The van der Waals surface area contributed by atoms with Crippen LogP contribution in [0.5, 0.6) is 0 Å². The van der Waals surface area contributed by atoms with E-state index >= 15 is 0 Å². The Balaban J connectivity index is 1.44. The molecule has 6 aliphatic rings. The normalized spacial score (nSPS) is 37.1. The van der Waals surface area contributed by atoms with Crippen molar-refractivity contribution in [2.75, 3.05) is 6.61 Å². The number of hydrogen-bond donors (Lipinski definition) is 1. The number of allylic oxidation sites excluding steroid dienone is 16. The topological polar surface area (TPSA) is 54.2 Å². The highest BCUT2D eigenvalue weighted by molar-refractivity contribution is 6.11. The largest absolute Gasteiger partial charge is 0.388 e. The van der Waals surface area contributed by atoms with Crippen molar-refractivity contribution in [1.82, 2.24) is 0 Å². The Hall–Kier alpha value is -3.08. The lowest BCUT2D eigenvalue weighted by Gasteiger charge is -2.40. The maximum Gasteiger partial charge on any atom is 0.155 e. The molecule has 0 aromatic rings. The number of fused-ring (bicyclic) bond motifs is 4. The van der Waals surface area contributed by atoms with Crippen molar-refractivity contribution in [3.63, 3.8) is 0 Å². The molecule has 1 aliphatic heterocycles. The first kappa shape index (κ1) is 21.5. The second-order valence-electron chi connectivity index (χ2n) is 9.51. The summed E-state index contributed by atoms with van der Waals surface area (Å²) in [5, 5.41) is 10.6. The maximum atomic E-state index is 10.6. The fraction of sp³-hybridized carbons (Fsp3) is 0.333. The predicted molar refractivity (Wildman–Crippen MR) is 137 cm³/mol. The van der Waals surface area contributed by atoms with Crippen LogP contribution in [0.4, 0.5) is 0 Å². The lowest BCUT2D eigenvalue weighted by atomic mass is 9.65. The molecular weight excluding hydrogens is 420 g/mol. The lowest BCUT2D eigenvalue weighted by molar-refractivity contribution is 0.0730. The molecule has 7 unspecified atom stereocenters. The molecule has 0 fully saturated rings. The Morgan fingerprint density at radius 1 is 0.824 bits per heavy atom. The summed E-state index contributed by atoms with van der Waals surface area (Å²) in [6.07, 6.45) is 32.3. The van der Waals surface area contributed by atoms with Crippen molar-refractivity contribution in [2.24, 2.45) is 39.6 Å². The van der Waals surface area contributed by atoms with Gasteiger partial charge in [-0.3, -0.25) is 0 Å². The summed E-state index contributed by atoms with van der Waals surface area (Å²) in [5.41, 5.74) is 5.09. The molecule has 0 saturated heterocycles. The van der Waals surface area contributed by atoms with Gasteiger partial charge in [0.2, 0.25) is 0 Å². The quantitative estimate of drug-likeness (QED) is 0.639. The van der Waals surface area contributed by atoms with Crippen LogP contribution in [0.15, 0.2) is 118 Å². The fourth-order valence-corrected chi connectivity index (χ4v) is 5.88. The van der Waals surface area contributed by atoms with Crippen LogP contribution in [0, 0.1) is 29.6 Å². The monoisotopic (exact) mass is 450 g/mol.